The molecule has 0 saturated carbocycles. The van der Waals surface area contributed by atoms with Crippen molar-refractivity contribution in [1.29, 1.82) is 0 Å². The van der Waals surface area contributed by atoms with E-state index in [2.05, 4.69) is 0 Å². The Labute approximate surface area is 162 Å². The Bertz CT molecular complexity index is 909. The number of ether oxygens (including phenoxy) is 2. The van der Waals surface area contributed by atoms with Crippen LogP contribution in [0.15, 0.2) is 24.3 Å². The van der Waals surface area contributed by atoms with Gasteiger partial charge in [0.2, 0.25) is 0 Å². The van der Waals surface area contributed by atoms with Crippen LogP contribution in [0.5, 0.6) is 0 Å². The monoisotopic (exact) mass is 383 g/mol. The molecule has 0 N–H and O–H groups in total. The molecule has 1 aromatic carbocycles. The van der Waals surface area contributed by atoms with Crippen LogP contribution in [0.4, 0.5) is 0 Å². The van der Waals surface area contributed by atoms with Crippen molar-refractivity contribution in [2.75, 3.05) is 13.2 Å². The predicted octanol–water partition coefficient (Wildman–Crippen LogP) is 2.93. The van der Waals surface area contributed by atoms with Crippen LogP contribution in [0.1, 0.15) is 79.5 Å². The molecule has 0 bridgehead atoms. The summed E-state index contributed by atoms with van der Waals surface area (Å²) in [6.45, 7) is 4.00. The highest BCUT2D eigenvalue weighted by molar-refractivity contribution is 6.32. The first kappa shape index (κ1) is 19.5. The zero-order valence-corrected chi connectivity index (χ0v) is 16.0. The average molecular weight is 383 g/mol. The minimum atomic E-state index is -0.754. The smallest absolute Gasteiger partial charge is 0.355 e. The van der Waals surface area contributed by atoms with E-state index in [0.717, 1.165) is 0 Å². The molecule has 1 aromatic heterocycles. The molecule has 0 atom stereocenters. The van der Waals surface area contributed by atoms with Crippen molar-refractivity contribution in [2.24, 2.45) is 7.05 Å². The van der Waals surface area contributed by atoms with Crippen molar-refractivity contribution in [2.45, 2.75) is 26.7 Å². The van der Waals surface area contributed by atoms with E-state index in [4.69, 9.17) is 9.47 Å². The Balaban J connectivity index is 2.25. The first-order chi connectivity index (χ1) is 13.4. The maximum Gasteiger partial charge on any atom is 0.355 e. The molecule has 7 nitrogen and oxygen atoms in total. The number of carbonyl (C=O) groups is 4. The van der Waals surface area contributed by atoms with Gasteiger partial charge in [-0.05, 0) is 12.8 Å². The fraction of sp³-hybridized carbons (Fsp3) is 0.333. The minimum Gasteiger partial charge on any atom is -0.461 e. The van der Waals surface area contributed by atoms with Crippen molar-refractivity contribution in [1.82, 2.24) is 4.57 Å². The molecule has 1 aliphatic carbocycles. The maximum absolute atomic E-state index is 13.1. The van der Waals surface area contributed by atoms with E-state index in [1.165, 1.54) is 23.7 Å². The number of hydrogen-bond donors (Lipinski definition) is 0. The summed E-state index contributed by atoms with van der Waals surface area (Å²) < 4.78 is 11.6. The van der Waals surface area contributed by atoms with E-state index in [0.29, 0.717) is 12.8 Å². The summed E-state index contributed by atoms with van der Waals surface area (Å²) in [5, 5.41) is 0. The molecule has 2 aromatic rings. The molecule has 0 spiro atoms. The lowest BCUT2D eigenvalue weighted by molar-refractivity contribution is 0.0481. The lowest BCUT2D eigenvalue weighted by Crippen LogP contribution is -2.23. The van der Waals surface area contributed by atoms with Gasteiger partial charge in [-0.15, -0.1) is 0 Å². The molecular formula is C21H21NO6. The number of esters is 2. The highest BCUT2D eigenvalue weighted by Gasteiger charge is 2.41. The molecular weight excluding hydrogens is 362 g/mol. The SMILES string of the molecule is CCCOC(=O)c1c2c(c(C(=O)OCCC)n1C)C(=O)c1ccccc1C2=O. The summed E-state index contributed by atoms with van der Waals surface area (Å²) in [6, 6.07) is 6.34. The van der Waals surface area contributed by atoms with Gasteiger partial charge in [0.15, 0.2) is 11.6 Å². The van der Waals surface area contributed by atoms with Crippen LogP contribution in [0.2, 0.25) is 0 Å². The normalized spacial score (nSPS) is 12.4. The average Bonchev–Trinajstić information content (AvgIpc) is 3.01. The van der Waals surface area contributed by atoms with Gasteiger partial charge < -0.3 is 14.0 Å². The van der Waals surface area contributed by atoms with Gasteiger partial charge in [0, 0.05) is 18.2 Å². The van der Waals surface area contributed by atoms with Crippen molar-refractivity contribution < 1.29 is 28.7 Å². The van der Waals surface area contributed by atoms with E-state index in [-0.39, 0.29) is 46.9 Å². The van der Waals surface area contributed by atoms with E-state index >= 15 is 0 Å². The van der Waals surface area contributed by atoms with Crippen LogP contribution < -0.4 is 0 Å². The fourth-order valence-corrected chi connectivity index (χ4v) is 3.28. The molecule has 0 saturated heterocycles. The van der Waals surface area contributed by atoms with Gasteiger partial charge in [-0.3, -0.25) is 9.59 Å². The number of rotatable bonds is 6. The molecule has 3 rings (SSSR count). The van der Waals surface area contributed by atoms with Crippen LogP contribution in [0.25, 0.3) is 0 Å². The van der Waals surface area contributed by atoms with Crippen LogP contribution in [0, 0.1) is 0 Å². The van der Waals surface area contributed by atoms with Gasteiger partial charge in [-0.25, -0.2) is 9.59 Å². The van der Waals surface area contributed by atoms with E-state index < -0.39 is 23.5 Å². The third kappa shape index (κ3) is 3.02. The van der Waals surface area contributed by atoms with Crippen molar-refractivity contribution in [3.8, 4) is 0 Å². The summed E-state index contributed by atoms with van der Waals surface area (Å²) in [7, 11) is 1.45. The summed E-state index contributed by atoms with van der Waals surface area (Å²) in [4.78, 5) is 51.6. The summed E-state index contributed by atoms with van der Waals surface area (Å²) in [6.07, 6.45) is 1.19. The van der Waals surface area contributed by atoms with Crippen LogP contribution in [-0.4, -0.2) is 41.3 Å². The summed E-state index contributed by atoms with van der Waals surface area (Å²) in [5.74, 6) is -2.48. The van der Waals surface area contributed by atoms with Crippen molar-refractivity contribution in [3.05, 3.63) is 57.9 Å². The van der Waals surface area contributed by atoms with E-state index in [1.807, 2.05) is 13.8 Å². The Kier molecular flexibility index (Phi) is 5.44. The van der Waals surface area contributed by atoms with Gasteiger partial charge in [-0.2, -0.15) is 0 Å². The van der Waals surface area contributed by atoms with Gasteiger partial charge in [0.1, 0.15) is 11.4 Å². The van der Waals surface area contributed by atoms with Crippen molar-refractivity contribution >= 4 is 23.5 Å². The maximum atomic E-state index is 13.1. The second-order valence-corrected chi connectivity index (χ2v) is 6.48. The first-order valence-corrected chi connectivity index (χ1v) is 9.19. The predicted molar refractivity (Wildman–Crippen MR) is 99.9 cm³/mol. The number of ketones is 2. The minimum absolute atomic E-state index is 0.101. The van der Waals surface area contributed by atoms with Crippen LogP contribution in [0.3, 0.4) is 0 Å². The third-order valence-corrected chi connectivity index (χ3v) is 4.53. The highest BCUT2D eigenvalue weighted by Crippen LogP contribution is 2.34. The van der Waals surface area contributed by atoms with Crippen molar-refractivity contribution in [3.63, 3.8) is 0 Å². The topological polar surface area (TPSA) is 91.7 Å². The number of fused-ring (bicyclic) bond motifs is 2. The standard InChI is InChI=1S/C21H21NO6/c1-4-10-27-20(25)16-14-15(17(22(16)3)21(26)28-11-5-2)19(24)13-9-7-6-8-12(13)18(14)23/h6-9H,4-5,10-11H2,1-3H3. The van der Waals surface area contributed by atoms with E-state index in [9.17, 15) is 19.2 Å². The van der Waals surface area contributed by atoms with E-state index in [1.54, 1.807) is 12.1 Å². The second-order valence-electron chi connectivity index (χ2n) is 6.48. The first-order valence-electron chi connectivity index (χ1n) is 9.19. The molecule has 0 unspecified atom stereocenters. The summed E-state index contributed by atoms with van der Waals surface area (Å²) in [5.41, 5.74) is -0.0294. The molecule has 0 aliphatic heterocycles. The molecule has 28 heavy (non-hydrogen) atoms. The number of benzene rings is 1. The Morgan fingerprint density at radius 1 is 0.821 bits per heavy atom. The molecule has 0 amide bonds. The molecule has 0 fully saturated rings. The number of nitrogens with zero attached hydrogens (tertiary/aromatic N) is 1. The second kappa shape index (κ2) is 7.80. The lowest BCUT2D eigenvalue weighted by Gasteiger charge is -2.15. The molecule has 0 radical (unpaired) electrons. The highest BCUT2D eigenvalue weighted by atomic mass is 16.5. The molecule has 7 heteroatoms. The molecule has 1 aliphatic rings. The number of carbonyl (C=O) groups excluding carboxylic acids is 4. The summed E-state index contributed by atoms with van der Waals surface area (Å²) >= 11 is 0. The van der Waals surface area contributed by atoms with Gasteiger partial charge in [-0.1, -0.05) is 38.1 Å². The fourth-order valence-electron chi connectivity index (χ4n) is 3.28. The Morgan fingerprint density at radius 3 is 1.57 bits per heavy atom. The molecule has 1 heterocycles. The molecule has 146 valence electrons. The van der Waals surface area contributed by atoms with Crippen LogP contribution in [-0.2, 0) is 16.5 Å². The van der Waals surface area contributed by atoms with Gasteiger partial charge in [0.05, 0.1) is 24.3 Å². The van der Waals surface area contributed by atoms with Gasteiger partial charge in [0.25, 0.3) is 0 Å². The number of aromatic nitrogens is 1. The number of hydrogen-bond acceptors (Lipinski definition) is 6. The zero-order chi connectivity index (χ0) is 20.4. The lowest BCUT2D eigenvalue weighted by atomic mass is 9.84. The Morgan fingerprint density at radius 2 is 1.21 bits per heavy atom. The third-order valence-electron chi connectivity index (χ3n) is 4.53. The quantitative estimate of drug-likeness (QED) is 0.608. The van der Waals surface area contributed by atoms with Crippen LogP contribution >= 0.6 is 0 Å². The van der Waals surface area contributed by atoms with Gasteiger partial charge >= 0.3 is 11.9 Å². The largest absolute Gasteiger partial charge is 0.461 e. The Hall–Kier alpha value is -3.22. The zero-order valence-electron chi connectivity index (χ0n) is 16.0.